The molecule has 0 radical (unpaired) electrons. The van der Waals surface area contributed by atoms with Gasteiger partial charge in [0.2, 0.25) is 6.04 Å². The van der Waals surface area contributed by atoms with Crippen LogP contribution in [0.25, 0.3) is 0 Å². The van der Waals surface area contributed by atoms with Crippen molar-refractivity contribution in [1.82, 2.24) is 0 Å². The van der Waals surface area contributed by atoms with Gasteiger partial charge in [0.05, 0.1) is 10.1 Å². The Morgan fingerprint density at radius 2 is 1.76 bits per heavy atom. The molecule has 2 aromatic rings. The molecular weight excluding hydrogens is 290 g/mol. The second-order valence-corrected chi connectivity index (χ2v) is 6.05. The van der Waals surface area contributed by atoms with Gasteiger partial charge in [-0.2, -0.15) is 4.57 Å². The molecule has 0 saturated carbocycles. The number of aliphatic hydroxyl groups is 1. The van der Waals surface area contributed by atoms with Crippen LogP contribution in [0.3, 0.4) is 0 Å². The minimum atomic E-state index is -3.92. The summed E-state index contributed by atoms with van der Waals surface area (Å²) in [4.78, 5) is 0. The summed E-state index contributed by atoms with van der Waals surface area (Å²) in [6.45, 7) is 2.16. The number of hydrogen-bond acceptors (Lipinski definition) is 4. The summed E-state index contributed by atoms with van der Waals surface area (Å²) in [5.74, 6) is 0. The minimum Gasteiger partial charge on any atom is -0.748 e. The maximum atomic E-state index is 9.50. The molecule has 0 amide bonds. The monoisotopic (exact) mass is 309 g/mol. The Balaban J connectivity index is 0.000000383. The molecule has 1 aromatic carbocycles. The quantitative estimate of drug-likeness (QED) is 0.678. The summed E-state index contributed by atoms with van der Waals surface area (Å²) < 4.78 is 29.3. The van der Waals surface area contributed by atoms with E-state index < -0.39 is 10.1 Å². The van der Waals surface area contributed by atoms with Crippen LogP contribution in [0, 0.1) is 6.92 Å². The summed E-state index contributed by atoms with van der Waals surface area (Å²) in [5, 5.41) is 9.50. The zero-order valence-electron chi connectivity index (χ0n) is 12.0. The molecule has 6 heteroatoms. The van der Waals surface area contributed by atoms with Crippen molar-refractivity contribution in [3.05, 3.63) is 66.0 Å². The average Bonchev–Trinajstić information content (AvgIpc) is 2.39. The van der Waals surface area contributed by atoms with E-state index in [9.17, 15) is 5.11 Å². The Labute approximate surface area is 125 Å². The fraction of sp³-hybridized carbons (Fsp3) is 0.267. The highest BCUT2D eigenvalue weighted by Gasteiger charge is 2.19. The van der Waals surface area contributed by atoms with Crippen LogP contribution in [0.2, 0.25) is 0 Å². The average molecular weight is 309 g/mol. The smallest absolute Gasteiger partial charge is 0.206 e. The first-order valence-electron chi connectivity index (χ1n) is 6.35. The summed E-state index contributed by atoms with van der Waals surface area (Å²) in [5.41, 5.74) is 2.32. The molecule has 0 aliphatic heterocycles. The number of aromatic nitrogens is 1. The molecule has 0 unspecified atom stereocenters. The summed E-state index contributed by atoms with van der Waals surface area (Å²) >= 11 is 0. The Kier molecular flexibility index (Phi) is 6.48. The maximum absolute atomic E-state index is 9.50. The van der Waals surface area contributed by atoms with Gasteiger partial charge in [-0.05, 0) is 13.0 Å². The van der Waals surface area contributed by atoms with Crippen molar-refractivity contribution in [2.45, 2.75) is 13.0 Å². The SMILES string of the molecule is CS(=O)(=O)[O-].Cc1ccc[n+]([C@H](CO)c2ccccc2)c1. The summed E-state index contributed by atoms with van der Waals surface area (Å²) in [7, 11) is -3.92. The van der Waals surface area contributed by atoms with Crippen molar-refractivity contribution in [3.8, 4) is 0 Å². The molecule has 1 N–H and O–H groups in total. The van der Waals surface area contributed by atoms with Crippen molar-refractivity contribution in [1.29, 1.82) is 0 Å². The molecule has 0 saturated heterocycles. The third-order valence-electron chi connectivity index (χ3n) is 2.69. The van der Waals surface area contributed by atoms with Crippen LogP contribution in [-0.4, -0.2) is 30.9 Å². The third-order valence-corrected chi connectivity index (χ3v) is 2.69. The molecular formula is C15H19NO4S. The van der Waals surface area contributed by atoms with Crippen molar-refractivity contribution in [2.75, 3.05) is 12.9 Å². The fourth-order valence-electron chi connectivity index (χ4n) is 1.86. The Hall–Kier alpha value is -1.76. The van der Waals surface area contributed by atoms with Crippen molar-refractivity contribution in [2.24, 2.45) is 0 Å². The van der Waals surface area contributed by atoms with Gasteiger partial charge in [-0.25, -0.2) is 8.42 Å². The van der Waals surface area contributed by atoms with Crippen LogP contribution < -0.4 is 4.57 Å². The van der Waals surface area contributed by atoms with Crippen LogP contribution in [0.4, 0.5) is 0 Å². The highest BCUT2D eigenvalue weighted by atomic mass is 32.2. The van der Waals surface area contributed by atoms with Crippen LogP contribution in [0.1, 0.15) is 17.2 Å². The first-order valence-corrected chi connectivity index (χ1v) is 8.17. The van der Waals surface area contributed by atoms with Gasteiger partial charge in [-0.1, -0.05) is 30.3 Å². The van der Waals surface area contributed by atoms with E-state index >= 15 is 0 Å². The molecule has 1 aromatic heterocycles. The molecule has 0 aliphatic rings. The van der Waals surface area contributed by atoms with Gasteiger partial charge in [0.25, 0.3) is 0 Å². The van der Waals surface area contributed by atoms with Gasteiger partial charge in [-0.15, -0.1) is 0 Å². The lowest BCUT2D eigenvalue weighted by Gasteiger charge is -2.10. The van der Waals surface area contributed by atoms with Gasteiger partial charge in [0, 0.05) is 23.4 Å². The van der Waals surface area contributed by atoms with Crippen LogP contribution in [-0.2, 0) is 10.1 Å². The highest BCUT2D eigenvalue weighted by molar-refractivity contribution is 7.84. The van der Waals surface area contributed by atoms with E-state index in [2.05, 4.69) is 13.0 Å². The van der Waals surface area contributed by atoms with E-state index in [1.807, 2.05) is 53.4 Å². The van der Waals surface area contributed by atoms with Gasteiger partial charge < -0.3 is 9.66 Å². The zero-order valence-corrected chi connectivity index (χ0v) is 12.8. The van der Waals surface area contributed by atoms with Crippen LogP contribution in [0.5, 0.6) is 0 Å². The largest absolute Gasteiger partial charge is 0.748 e. The van der Waals surface area contributed by atoms with Gasteiger partial charge in [0.15, 0.2) is 12.4 Å². The molecule has 114 valence electrons. The van der Waals surface area contributed by atoms with Crippen LogP contribution >= 0.6 is 0 Å². The molecule has 1 atom stereocenters. The maximum Gasteiger partial charge on any atom is 0.206 e. The number of aliphatic hydroxyl groups excluding tert-OH is 1. The first-order chi connectivity index (χ1) is 9.81. The lowest BCUT2D eigenvalue weighted by atomic mass is 10.1. The lowest BCUT2D eigenvalue weighted by Crippen LogP contribution is -2.41. The number of aryl methyl sites for hydroxylation is 1. The molecule has 0 bridgehead atoms. The second-order valence-electron chi connectivity index (χ2n) is 4.64. The third kappa shape index (κ3) is 6.99. The van der Waals surface area contributed by atoms with Gasteiger partial charge >= 0.3 is 0 Å². The second kappa shape index (κ2) is 7.87. The predicted octanol–water partition coefficient (Wildman–Crippen LogP) is 1.03. The predicted molar refractivity (Wildman–Crippen MR) is 78.7 cm³/mol. The fourth-order valence-corrected chi connectivity index (χ4v) is 1.86. The number of pyridine rings is 1. The zero-order chi connectivity index (χ0) is 15.9. The lowest BCUT2D eigenvalue weighted by molar-refractivity contribution is -0.715. The van der Waals surface area contributed by atoms with Gasteiger partial charge in [0.1, 0.15) is 6.61 Å². The molecule has 1 heterocycles. The summed E-state index contributed by atoms with van der Waals surface area (Å²) in [6.07, 6.45) is 4.64. The summed E-state index contributed by atoms with van der Waals surface area (Å²) in [6, 6.07) is 14.1. The Morgan fingerprint density at radius 3 is 2.24 bits per heavy atom. The van der Waals surface area contributed by atoms with Crippen molar-refractivity contribution < 1.29 is 22.6 Å². The molecule has 2 rings (SSSR count). The number of nitrogens with zero attached hydrogens (tertiary/aromatic N) is 1. The molecule has 0 fully saturated rings. The minimum absolute atomic E-state index is 0.00102. The van der Waals surface area contributed by atoms with E-state index in [1.54, 1.807) is 0 Å². The van der Waals surface area contributed by atoms with E-state index in [1.165, 1.54) is 5.56 Å². The van der Waals surface area contributed by atoms with Crippen molar-refractivity contribution in [3.63, 3.8) is 0 Å². The Bertz CT molecular complexity index is 648. The van der Waals surface area contributed by atoms with E-state index in [0.29, 0.717) is 6.26 Å². The van der Waals surface area contributed by atoms with Crippen LogP contribution in [0.15, 0.2) is 54.9 Å². The first kappa shape index (κ1) is 17.3. The topological polar surface area (TPSA) is 81.3 Å². The molecule has 0 spiro atoms. The molecule has 5 nitrogen and oxygen atoms in total. The number of benzene rings is 1. The van der Waals surface area contributed by atoms with Crippen molar-refractivity contribution >= 4 is 10.1 Å². The van der Waals surface area contributed by atoms with E-state index in [0.717, 1.165) is 5.56 Å². The normalized spacial score (nSPS) is 12.2. The number of hydrogen-bond donors (Lipinski definition) is 1. The van der Waals surface area contributed by atoms with E-state index in [4.69, 9.17) is 13.0 Å². The van der Waals surface area contributed by atoms with E-state index in [-0.39, 0.29) is 12.6 Å². The molecule has 21 heavy (non-hydrogen) atoms. The Morgan fingerprint density at radius 1 is 1.19 bits per heavy atom. The number of rotatable bonds is 3. The molecule has 0 aliphatic carbocycles. The highest BCUT2D eigenvalue weighted by Crippen LogP contribution is 2.11. The standard InChI is InChI=1S/C14H16NO.CH4O3S/c1-12-6-5-9-15(10-12)14(11-16)13-7-3-2-4-8-13;1-5(2,3)4/h2-10,14,16H,11H2,1H3;1H3,(H,2,3,4)/q+1;/p-1/t14-;/m1./s1. The van der Waals surface area contributed by atoms with Gasteiger partial charge in [-0.3, -0.25) is 0 Å².